The van der Waals surface area contributed by atoms with Gasteiger partial charge in [0.2, 0.25) is 0 Å². The number of ketones is 1. The summed E-state index contributed by atoms with van der Waals surface area (Å²) in [4.78, 5) is 24.1. The van der Waals surface area contributed by atoms with Crippen LogP contribution in [0.5, 0.6) is 0 Å². The molecule has 0 atom stereocenters. The van der Waals surface area contributed by atoms with Gasteiger partial charge in [-0.1, -0.05) is 48.5 Å². The van der Waals surface area contributed by atoms with Gasteiger partial charge in [-0.25, -0.2) is 4.79 Å². The Morgan fingerprint density at radius 3 is 2.46 bits per heavy atom. The molecule has 1 heterocycles. The van der Waals surface area contributed by atoms with Crippen LogP contribution >= 0.6 is 11.6 Å². The third kappa shape index (κ3) is 3.49. The predicted molar refractivity (Wildman–Crippen MR) is 93.4 cm³/mol. The number of carbonyl (C=O) groups excluding carboxylic acids is 2. The number of fused-ring (bicyclic) bond motifs is 1. The molecular formula is C19H16ClNO3. The Balaban J connectivity index is 1.85. The van der Waals surface area contributed by atoms with E-state index in [4.69, 9.17) is 16.3 Å². The summed E-state index contributed by atoms with van der Waals surface area (Å²) in [6.07, 6.45) is 1.38. The summed E-state index contributed by atoms with van der Waals surface area (Å²) >= 11 is 5.59. The summed E-state index contributed by atoms with van der Waals surface area (Å²) in [6, 6.07) is 16.9. The van der Waals surface area contributed by atoms with Gasteiger partial charge in [0.05, 0.1) is 11.4 Å². The van der Waals surface area contributed by atoms with Crippen molar-refractivity contribution in [3.8, 4) is 0 Å². The van der Waals surface area contributed by atoms with E-state index in [1.165, 1.54) is 4.57 Å². The topological polar surface area (TPSA) is 48.3 Å². The molecule has 0 aliphatic carbocycles. The Kier molecular flexibility index (Phi) is 4.96. The van der Waals surface area contributed by atoms with E-state index < -0.39 is 6.09 Å². The lowest BCUT2D eigenvalue weighted by Gasteiger charge is -2.06. The first kappa shape index (κ1) is 16.3. The van der Waals surface area contributed by atoms with E-state index >= 15 is 0 Å². The van der Waals surface area contributed by atoms with E-state index in [0.29, 0.717) is 5.52 Å². The lowest BCUT2D eigenvalue weighted by molar-refractivity contribution is -0.116. The highest BCUT2D eigenvalue weighted by molar-refractivity contribution is 6.27. The van der Waals surface area contributed by atoms with Gasteiger partial charge in [-0.05, 0) is 17.2 Å². The maximum atomic E-state index is 12.4. The van der Waals surface area contributed by atoms with Crippen LogP contribution in [0, 0.1) is 0 Å². The zero-order chi connectivity index (χ0) is 16.9. The highest BCUT2D eigenvalue weighted by Crippen LogP contribution is 2.22. The number of Topliss-reactive ketones (excluding diaryl/α,β-unsaturated/α-hetero) is 1. The van der Waals surface area contributed by atoms with Crippen molar-refractivity contribution in [2.75, 3.05) is 5.88 Å². The maximum absolute atomic E-state index is 12.4. The molecule has 122 valence electrons. The highest BCUT2D eigenvalue weighted by atomic mass is 35.5. The summed E-state index contributed by atoms with van der Waals surface area (Å²) in [7, 11) is 0. The number of hydrogen-bond donors (Lipinski definition) is 0. The minimum atomic E-state index is -0.473. The van der Waals surface area contributed by atoms with Crippen molar-refractivity contribution in [1.82, 2.24) is 4.57 Å². The molecule has 1 aromatic heterocycles. The average molecular weight is 342 g/mol. The molecule has 0 aliphatic heterocycles. The first-order valence-electron chi connectivity index (χ1n) is 7.56. The number of carbonyl (C=O) groups is 2. The van der Waals surface area contributed by atoms with Crippen LogP contribution < -0.4 is 0 Å². The van der Waals surface area contributed by atoms with Crippen LogP contribution in [0.2, 0.25) is 0 Å². The second kappa shape index (κ2) is 7.32. The molecule has 3 aromatic rings. The number of benzene rings is 2. The van der Waals surface area contributed by atoms with E-state index in [0.717, 1.165) is 16.5 Å². The second-order valence-corrected chi connectivity index (χ2v) is 5.70. The van der Waals surface area contributed by atoms with Gasteiger partial charge in [0.25, 0.3) is 0 Å². The van der Waals surface area contributed by atoms with Crippen molar-refractivity contribution in [3.63, 3.8) is 0 Å². The molecule has 0 aliphatic rings. The SMILES string of the molecule is O=C(CCl)Cc1cn(C(=O)OCc2ccccc2)c2ccccc12. The van der Waals surface area contributed by atoms with Crippen LogP contribution in [0.1, 0.15) is 11.1 Å². The molecule has 0 unspecified atom stereocenters. The van der Waals surface area contributed by atoms with Gasteiger partial charge in [0.15, 0.2) is 5.78 Å². The van der Waals surface area contributed by atoms with Crippen molar-refractivity contribution < 1.29 is 14.3 Å². The summed E-state index contributed by atoms with van der Waals surface area (Å²) in [5.74, 6) is -0.130. The Morgan fingerprint density at radius 2 is 1.71 bits per heavy atom. The minimum Gasteiger partial charge on any atom is -0.444 e. The van der Waals surface area contributed by atoms with Crippen LogP contribution in [0.25, 0.3) is 10.9 Å². The van der Waals surface area contributed by atoms with Gasteiger partial charge in [0, 0.05) is 18.0 Å². The Hall–Kier alpha value is -2.59. The fourth-order valence-corrected chi connectivity index (χ4v) is 2.69. The molecule has 0 spiro atoms. The number of rotatable bonds is 5. The molecule has 0 N–H and O–H groups in total. The van der Waals surface area contributed by atoms with Crippen molar-refractivity contribution in [2.24, 2.45) is 0 Å². The molecule has 3 rings (SSSR count). The third-order valence-electron chi connectivity index (χ3n) is 3.73. The molecular weight excluding hydrogens is 326 g/mol. The summed E-state index contributed by atoms with van der Waals surface area (Å²) in [5, 5.41) is 0.854. The van der Waals surface area contributed by atoms with Gasteiger partial charge in [-0.2, -0.15) is 0 Å². The number of aromatic nitrogens is 1. The van der Waals surface area contributed by atoms with E-state index in [2.05, 4.69) is 0 Å². The molecule has 0 saturated carbocycles. The first-order valence-corrected chi connectivity index (χ1v) is 8.10. The highest BCUT2D eigenvalue weighted by Gasteiger charge is 2.16. The molecule has 4 nitrogen and oxygen atoms in total. The summed E-state index contributed by atoms with van der Waals surface area (Å²) in [5.41, 5.74) is 2.40. The number of nitrogens with zero attached hydrogens (tertiary/aromatic N) is 1. The lowest BCUT2D eigenvalue weighted by atomic mass is 10.1. The fraction of sp³-hybridized carbons (Fsp3) is 0.158. The van der Waals surface area contributed by atoms with Crippen LogP contribution in [0.4, 0.5) is 4.79 Å². The fourth-order valence-electron chi connectivity index (χ4n) is 2.59. The summed E-state index contributed by atoms with van der Waals surface area (Å²) in [6.45, 7) is 0.197. The zero-order valence-corrected chi connectivity index (χ0v) is 13.7. The first-order chi connectivity index (χ1) is 11.7. The van der Waals surface area contributed by atoms with E-state index in [9.17, 15) is 9.59 Å². The monoisotopic (exact) mass is 341 g/mol. The number of ether oxygens (including phenoxy) is 1. The predicted octanol–water partition coefficient (Wildman–Crippen LogP) is 4.18. The van der Waals surface area contributed by atoms with Crippen molar-refractivity contribution >= 4 is 34.4 Å². The van der Waals surface area contributed by atoms with Crippen LogP contribution in [0.15, 0.2) is 60.8 Å². The third-order valence-corrected chi connectivity index (χ3v) is 4.03. The minimum absolute atomic E-state index is 0.0437. The molecule has 0 bridgehead atoms. The Bertz CT molecular complexity index is 871. The number of halogens is 1. The molecule has 0 saturated heterocycles. The van der Waals surface area contributed by atoms with Crippen molar-refractivity contribution in [1.29, 1.82) is 0 Å². The summed E-state index contributed by atoms with van der Waals surface area (Å²) < 4.78 is 6.82. The largest absolute Gasteiger partial charge is 0.444 e. The molecule has 24 heavy (non-hydrogen) atoms. The van der Waals surface area contributed by atoms with E-state index in [1.54, 1.807) is 6.20 Å². The van der Waals surface area contributed by atoms with Gasteiger partial charge in [-0.3, -0.25) is 9.36 Å². The van der Waals surface area contributed by atoms with Crippen molar-refractivity contribution in [2.45, 2.75) is 13.0 Å². The maximum Gasteiger partial charge on any atom is 0.418 e. The van der Waals surface area contributed by atoms with E-state index in [1.807, 2.05) is 54.6 Å². The Morgan fingerprint density at radius 1 is 1.00 bits per heavy atom. The lowest BCUT2D eigenvalue weighted by Crippen LogP contribution is -2.12. The number of para-hydroxylation sites is 1. The molecule has 0 fully saturated rings. The standard InChI is InChI=1S/C19H16ClNO3/c20-11-16(22)10-15-12-21(18-9-5-4-8-17(15)18)19(23)24-13-14-6-2-1-3-7-14/h1-9,12H,10-11,13H2. The average Bonchev–Trinajstić information content (AvgIpc) is 2.99. The van der Waals surface area contributed by atoms with Crippen molar-refractivity contribution in [3.05, 3.63) is 71.9 Å². The van der Waals surface area contributed by atoms with Gasteiger partial charge in [0.1, 0.15) is 6.61 Å². The smallest absolute Gasteiger partial charge is 0.418 e. The molecule has 0 amide bonds. The molecule has 2 aromatic carbocycles. The van der Waals surface area contributed by atoms with Gasteiger partial charge in [-0.15, -0.1) is 11.6 Å². The van der Waals surface area contributed by atoms with Crippen LogP contribution in [0.3, 0.4) is 0 Å². The quantitative estimate of drug-likeness (QED) is 0.654. The zero-order valence-electron chi connectivity index (χ0n) is 12.9. The second-order valence-electron chi connectivity index (χ2n) is 5.43. The Labute approximate surface area is 144 Å². The van der Waals surface area contributed by atoms with Gasteiger partial charge >= 0.3 is 6.09 Å². The molecule has 5 heteroatoms. The van der Waals surface area contributed by atoms with Crippen LogP contribution in [-0.4, -0.2) is 22.3 Å². The number of hydrogen-bond acceptors (Lipinski definition) is 3. The van der Waals surface area contributed by atoms with E-state index in [-0.39, 0.29) is 24.7 Å². The normalized spacial score (nSPS) is 10.7. The van der Waals surface area contributed by atoms with Crippen LogP contribution in [-0.2, 0) is 22.6 Å². The number of alkyl halides is 1. The van der Waals surface area contributed by atoms with Gasteiger partial charge < -0.3 is 4.74 Å². The molecule has 0 radical (unpaired) electrons.